The molecule has 0 unspecified atom stereocenters. The molecule has 4 heteroatoms. The predicted octanol–water partition coefficient (Wildman–Crippen LogP) is 2.82. The summed E-state index contributed by atoms with van der Waals surface area (Å²) >= 11 is 0. The molecule has 94 valence electrons. The molecule has 3 rings (SSSR count). The Morgan fingerprint density at radius 1 is 0.947 bits per heavy atom. The number of nitrogen functional groups attached to an aromatic ring is 1. The van der Waals surface area contributed by atoms with E-state index in [4.69, 9.17) is 5.73 Å². The lowest BCUT2D eigenvalue weighted by atomic mass is 10.2. The lowest BCUT2D eigenvalue weighted by molar-refractivity contribution is 1.11. The number of hydrogen-bond acceptors (Lipinski definition) is 4. The Kier molecular flexibility index (Phi) is 2.98. The monoisotopic (exact) mass is 250 g/mol. The zero-order chi connectivity index (χ0) is 13.1. The summed E-state index contributed by atoms with van der Waals surface area (Å²) in [5, 5.41) is 3.24. The molecule has 3 N–H and O–H groups in total. The summed E-state index contributed by atoms with van der Waals surface area (Å²) in [5.74, 6) is 0.752. The smallest absolute Gasteiger partial charge is 0.145 e. The Morgan fingerprint density at radius 3 is 2.53 bits per heavy atom. The summed E-state index contributed by atoms with van der Waals surface area (Å²) in [6, 6.07) is 15.6. The van der Waals surface area contributed by atoms with E-state index < -0.39 is 0 Å². The average molecular weight is 250 g/mol. The summed E-state index contributed by atoms with van der Waals surface area (Å²) < 4.78 is 0. The van der Waals surface area contributed by atoms with Crippen LogP contribution in [0.25, 0.3) is 11.0 Å². The molecule has 0 atom stereocenters. The molecule has 0 aliphatic heterocycles. The van der Waals surface area contributed by atoms with E-state index in [9.17, 15) is 0 Å². The molecule has 0 bridgehead atoms. The molecule has 19 heavy (non-hydrogen) atoms. The number of hydrogen-bond donors (Lipinski definition) is 2. The van der Waals surface area contributed by atoms with Crippen molar-refractivity contribution in [3.05, 3.63) is 60.3 Å². The molecule has 0 aliphatic rings. The van der Waals surface area contributed by atoms with Crippen LogP contribution in [0.1, 0.15) is 5.56 Å². The number of aromatic nitrogens is 2. The van der Waals surface area contributed by atoms with Gasteiger partial charge in [0, 0.05) is 12.2 Å². The van der Waals surface area contributed by atoms with Crippen LogP contribution in [0.4, 0.5) is 11.5 Å². The average Bonchev–Trinajstić information content (AvgIpc) is 2.46. The van der Waals surface area contributed by atoms with Crippen LogP contribution in [0, 0.1) is 0 Å². The fraction of sp³-hybridized carbons (Fsp3) is 0.0667. The first kappa shape index (κ1) is 11.5. The summed E-state index contributed by atoms with van der Waals surface area (Å²) in [6.07, 6.45) is 1.74. The minimum Gasteiger partial charge on any atom is -0.398 e. The number of anilines is 2. The second-order valence-electron chi connectivity index (χ2n) is 4.30. The van der Waals surface area contributed by atoms with E-state index in [2.05, 4.69) is 15.3 Å². The van der Waals surface area contributed by atoms with E-state index in [1.54, 1.807) is 6.20 Å². The molecule has 4 nitrogen and oxygen atoms in total. The summed E-state index contributed by atoms with van der Waals surface area (Å²) in [5.41, 5.74) is 9.51. The van der Waals surface area contributed by atoms with Crippen LogP contribution in [0.15, 0.2) is 54.7 Å². The summed E-state index contributed by atoms with van der Waals surface area (Å²) in [6.45, 7) is 0.639. The van der Waals surface area contributed by atoms with Crippen molar-refractivity contribution < 1.29 is 0 Å². The lowest BCUT2D eigenvalue weighted by Crippen LogP contribution is -2.04. The van der Waals surface area contributed by atoms with Gasteiger partial charge in [-0.05, 0) is 23.8 Å². The molecule has 0 aliphatic carbocycles. The fourth-order valence-electron chi connectivity index (χ4n) is 1.92. The van der Waals surface area contributed by atoms with Crippen molar-refractivity contribution in [1.82, 2.24) is 9.97 Å². The van der Waals surface area contributed by atoms with Gasteiger partial charge in [0.2, 0.25) is 0 Å². The number of fused-ring (bicyclic) bond motifs is 1. The van der Waals surface area contributed by atoms with Crippen molar-refractivity contribution in [2.75, 3.05) is 11.1 Å². The molecule has 0 saturated heterocycles. The SMILES string of the molecule is Nc1ccccc1CNc1cnc2ccccc2n1. The molecule has 0 saturated carbocycles. The van der Waals surface area contributed by atoms with Gasteiger partial charge in [0.25, 0.3) is 0 Å². The highest BCUT2D eigenvalue weighted by molar-refractivity contribution is 5.75. The molecule has 3 aromatic rings. The lowest BCUT2D eigenvalue weighted by Gasteiger charge is -2.08. The molecular weight excluding hydrogens is 236 g/mol. The fourth-order valence-corrected chi connectivity index (χ4v) is 1.92. The first-order valence-electron chi connectivity index (χ1n) is 6.12. The molecule has 0 fully saturated rings. The quantitative estimate of drug-likeness (QED) is 0.702. The van der Waals surface area contributed by atoms with E-state index in [0.717, 1.165) is 28.1 Å². The highest BCUT2D eigenvalue weighted by atomic mass is 15.0. The van der Waals surface area contributed by atoms with Crippen molar-refractivity contribution in [2.45, 2.75) is 6.54 Å². The summed E-state index contributed by atoms with van der Waals surface area (Å²) in [4.78, 5) is 8.87. The molecular formula is C15H14N4. The number of nitrogens with one attached hydrogen (secondary N) is 1. The van der Waals surface area contributed by atoms with Crippen LogP contribution in [-0.4, -0.2) is 9.97 Å². The van der Waals surface area contributed by atoms with E-state index in [-0.39, 0.29) is 0 Å². The number of benzene rings is 2. The van der Waals surface area contributed by atoms with Crippen molar-refractivity contribution in [1.29, 1.82) is 0 Å². The van der Waals surface area contributed by atoms with Crippen molar-refractivity contribution >= 4 is 22.5 Å². The molecule has 1 aromatic heterocycles. The van der Waals surface area contributed by atoms with Crippen LogP contribution >= 0.6 is 0 Å². The van der Waals surface area contributed by atoms with Gasteiger partial charge < -0.3 is 11.1 Å². The van der Waals surface area contributed by atoms with E-state index >= 15 is 0 Å². The number of para-hydroxylation sites is 3. The topological polar surface area (TPSA) is 63.8 Å². The Hall–Kier alpha value is -2.62. The van der Waals surface area contributed by atoms with Crippen molar-refractivity contribution in [3.8, 4) is 0 Å². The molecule has 2 aromatic carbocycles. The first-order valence-corrected chi connectivity index (χ1v) is 6.12. The Labute approximate surface area is 111 Å². The molecule has 0 radical (unpaired) electrons. The van der Waals surface area contributed by atoms with Gasteiger partial charge in [0.05, 0.1) is 17.2 Å². The minimum absolute atomic E-state index is 0.639. The van der Waals surface area contributed by atoms with Crippen LogP contribution in [0.2, 0.25) is 0 Å². The minimum atomic E-state index is 0.639. The van der Waals surface area contributed by atoms with Crippen molar-refractivity contribution in [2.24, 2.45) is 0 Å². The van der Waals surface area contributed by atoms with Gasteiger partial charge in [-0.3, -0.25) is 4.98 Å². The van der Waals surface area contributed by atoms with Crippen LogP contribution < -0.4 is 11.1 Å². The second kappa shape index (κ2) is 4.94. The van der Waals surface area contributed by atoms with Gasteiger partial charge >= 0.3 is 0 Å². The predicted molar refractivity (Wildman–Crippen MR) is 77.7 cm³/mol. The molecule has 1 heterocycles. The zero-order valence-electron chi connectivity index (χ0n) is 10.4. The normalized spacial score (nSPS) is 10.5. The van der Waals surface area contributed by atoms with Crippen LogP contribution in [-0.2, 0) is 6.54 Å². The van der Waals surface area contributed by atoms with Crippen molar-refractivity contribution in [3.63, 3.8) is 0 Å². The first-order chi connectivity index (χ1) is 9.33. The van der Waals surface area contributed by atoms with Gasteiger partial charge in [0.15, 0.2) is 0 Å². The maximum Gasteiger partial charge on any atom is 0.145 e. The third-order valence-electron chi connectivity index (χ3n) is 2.96. The standard InChI is InChI=1S/C15H14N4/c16-12-6-2-1-5-11(12)9-18-15-10-17-13-7-3-4-8-14(13)19-15/h1-8,10H,9,16H2,(H,18,19). The Morgan fingerprint density at radius 2 is 1.68 bits per heavy atom. The highest BCUT2D eigenvalue weighted by Crippen LogP contribution is 2.14. The van der Waals surface area contributed by atoms with E-state index in [0.29, 0.717) is 6.54 Å². The van der Waals surface area contributed by atoms with Gasteiger partial charge in [-0.2, -0.15) is 0 Å². The Balaban J connectivity index is 1.80. The Bertz CT molecular complexity index is 709. The third-order valence-corrected chi connectivity index (χ3v) is 2.96. The van der Waals surface area contributed by atoms with Gasteiger partial charge in [0.1, 0.15) is 5.82 Å². The largest absolute Gasteiger partial charge is 0.398 e. The highest BCUT2D eigenvalue weighted by Gasteiger charge is 2.01. The van der Waals surface area contributed by atoms with Gasteiger partial charge in [-0.25, -0.2) is 4.98 Å². The zero-order valence-corrected chi connectivity index (χ0v) is 10.4. The van der Waals surface area contributed by atoms with Gasteiger partial charge in [-0.15, -0.1) is 0 Å². The summed E-state index contributed by atoms with van der Waals surface area (Å²) in [7, 11) is 0. The maximum absolute atomic E-state index is 5.90. The third kappa shape index (κ3) is 2.47. The number of rotatable bonds is 3. The molecule has 0 amide bonds. The maximum atomic E-state index is 5.90. The number of nitrogens with two attached hydrogens (primary N) is 1. The number of nitrogens with zero attached hydrogens (tertiary/aromatic N) is 2. The second-order valence-corrected chi connectivity index (χ2v) is 4.30. The van der Waals surface area contributed by atoms with E-state index in [1.165, 1.54) is 0 Å². The van der Waals surface area contributed by atoms with E-state index in [1.807, 2.05) is 48.5 Å². The van der Waals surface area contributed by atoms with Gasteiger partial charge in [-0.1, -0.05) is 30.3 Å². The molecule has 0 spiro atoms. The van der Waals surface area contributed by atoms with Crippen LogP contribution in [0.3, 0.4) is 0 Å². The van der Waals surface area contributed by atoms with Crippen LogP contribution in [0.5, 0.6) is 0 Å².